The summed E-state index contributed by atoms with van der Waals surface area (Å²) in [5, 5.41) is 15.5. The van der Waals surface area contributed by atoms with Gasteiger partial charge in [0.15, 0.2) is 5.78 Å². The maximum absolute atomic E-state index is 11.7. The molecule has 0 saturated heterocycles. The fourth-order valence-electron chi connectivity index (χ4n) is 8.58. The topological polar surface area (TPSA) is 41.2 Å². The number of aliphatic hydroxyl groups excluding tert-OH is 1. The maximum atomic E-state index is 11.7. The van der Waals surface area contributed by atoms with Crippen LogP contribution in [-0.2, 0) is 36.7 Å². The Bertz CT molecular complexity index is 1910. The Hall–Kier alpha value is -3.11. The molecule has 5 heteroatoms. The van der Waals surface area contributed by atoms with Crippen molar-refractivity contribution in [3.8, 4) is 22.4 Å². The van der Waals surface area contributed by atoms with Crippen LogP contribution in [0.2, 0.25) is 12.1 Å². The van der Waals surface area contributed by atoms with Crippen molar-refractivity contribution in [1.29, 1.82) is 0 Å². The minimum absolute atomic E-state index is 0. The van der Waals surface area contributed by atoms with Gasteiger partial charge in [-0.05, 0) is 76.6 Å². The fourth-order valence-corrected chi connectivity index (χ4v) is 13.5. The summed E-state index contributed by atoms with van der Waals surface area (Å²) in [4.78, 5) is 11.7. The number of ketones is 1. The van der Waals surface area contributed by atoms with Crippen LogP contribution in [0.1, 0.15) is 119 Å². The van der Waals surface area contributed by atoms with E-state index >= 15 is 0 Å². The van der Waals surface area contributed by atoms with Crippen molar-refractivity contribution in [1.82, 2.24) is 0 Å². The van der Waals surface area contributed by atoms with Gasteiger partial charge in [-0.25, -0.2) is 0 Å². The molecule has 1 aromatic heterocycles. The Morgan fingerprint density at radius 3 is 1.94 bits per heavy atom. The smallest absolute Gasteiger partial charge is 0.162 e. The first-order valence-corrected chi connectivity index (χ1v) is 22.4. The molecule has 0 spiro atoms. The quantitative estimate of drug-likeness (QED) is 0.0506. The van der Waals surface area contributed by atoms with E-state index in [0.29, 0.717) is 5.92 Å². The average Bonchev–Trinajstić information content (AvgIpc) is 3.38. The zero-order valence-corrected chi connectivity index (χ0v) is 38.0. The van der Waals surface area contributed by atoms with E-state index in [1.54, 1.807) is 10.4 Å². The van der Waals surface area contributed by atoms with E-state index in [1.807, 2.05) is 27.7 Å². The van der Waals surface area contributed by atoms with Crippen LogP contribution in [-0.4, -0.2) is 19.0 Å². The summed E-state index contributed by atoms with van der Waals surface area (Å²) >= 11 is 0. The number of hydrogen-bond acceptors (Lipinski definition) is 2. The standard InChI is InChI=1S/C35H42NSi.C13H24O2.Ir/c1-10-37(11-2)32-21-25(20-23(3)4)16-17-28(32)29-18-19-36(9)33(34(29)37)30-22-31(35(6,7)8)27-15-13-12-14-26(27)24(30)5;1-5-10(6-2)12(14)9-13(15)11(7-3)8-4;/h12-19,21-23H,5,9-11,20H2,1-4,6-8H3;9-11,14H,5-8H2,1-4H3;/q-1;;/b;12-9-;. The molecular formula is C48H66IrNO2Si-. The first-order chi connectivity index (χ1) is 24.6. The first kappa shape index (κ1) is 44.3. The second kappa shape index (κ2) is 18.5. The molecule has 5 rings (SSSR count). The Labute approximate surface area is 337 Å². The molecule has 0 aliphatic carbocycles. The molecule has 289 valence electrons. The minimum atomic E-state index is -2.01. The van der Waals surface area contributed by atoms with Crippen molar-refractivity contribution < 1.29 is 34.6 Å². The van der Waals surface area contributed by atoms with Crippen LogP contribution in [0.5, 0.6) is 0 Å². The van der Waals surface area contributed by atoms with Gasteiger partial charge in [0.25, 0.3) is 0 Å². The van der Waals surface area contributed by atoms with E-state index in [-0.39, 0.29) is 48.9 Å². The summed E-state index contributed by atoms with van der Waals surface area (Å²) in [6, 6.07) is 23.3. The van der Waals surface area contributed by atoms with E-state index in [0.717, 1.165) is 37.7 Å². The molecule has 3 nitrogen and oxygen atoms in total. The molecule has 1 aliphatic heterocycles. The minimum Gasteiger partial charge on any atom is -0.512 e. The van der Waals surface area contributed by atoms with Gasteiger partial charge in [0.1, 0.15) is 8.07 Å². The van der Waals surface area contributed by atoms with Crippen LogP contribution in [0, 0.1) is 31.7 Å². The van der Waals surface area contributed by atoms with E-state index in [2.05, 4.69) is 128 Å². The van der Waals surface area contributed by atoms with E-state index in [9.17, 15) is 9.90 Å². The Morgan fingerprint density at radius 2 is 1.42 bits per heavy atom. The monoisotopic (exact) mass is 909 g/mol. The van der Waals surface area contributed by atoms with Crippen LogP contribution in [0.25, 0.3) is 33.2 Å². The number of aliphatic hydroxyl groups is 1. The number of rotatable bonds is 12. The summed E-state index contributed by atoms with van der Waals surface area (Å²) in [6.45, 7) is 29.2. The number of benzene rings is 3. The summed E-state index contributed by atoms with van der Waals surface area (Å²) < 4.78 is 2.14. The van der Waals surface area contributed by atoms with Gasteiger partial charge < -0.3 is 9.67 Å². The van der Waals surface area contributed by atoms with Gasteiger partial charge in [-0.3, -0.25) is 4.79 Å². The Balaban J connectivity index is 0.000000403. The number of allylic oxidation sites excluding steroid dienone is 2. The zero-order chi connectivity index (χ0) is 38.5. The number of pyridine rings is 1. The number of fused-ring (bicyclic) bond motifs is 4. The van der Waals surface area contributed by atoms with Crippen molar-refractivity contribution in [2.75, 3.05) is 0 Å². The number of hydrogen-bond donors (Lipinski definition) is 1. The second-order valence-electron chi connectivity index (χ2n) is 16.4. The number of carbonyl (C=O) groups is 1. The molecule has 1 radical (unpaired) electrons. The molecule has 0 fully saturated rings. The van der Waals surface area contributed by atoms with E-state index in [4.69, 9.17) is 0 Å². The van der Waals surface area contributed by atoms with Gasteiger partial charge in [0.2, 0.25) is 0 Å². The fraction of sp³-hybridized carbons (Fsp3) is 0.458. The molecule has 0 atom stereocenters. The van der Waals surface area contributed by atoms with Gasteiger partial charge in [-0.15, -0.1) is 23.1 Å². The Kier molecular flexibility index (Phi) is 15.4. The van der Waals surface area contributed by atoms with E-state index in [1.165, 1.54) is 62.4 Å². The van der Waals surface area contributed by atoms with Crippen molar-refractivity contribution in [2.45, 2.75) is 126 Å². The first-order valence-electron chi connectivity index (χ1n) is 20.0. The van der Waals surface area contributed by atoms with E-state index < -0.39 is 8.07 Å². The SMILES string of the molecule is CCC(CC)C(=O)/C=C(\O)C(CC)CC.[CH2-]c1c(-c2c3c(cc[n+]2[CH2-])-c2ccc(CC(C)C)cc2[Si]3(CC)CC)cc(C(C)(C)C)c2ccccc12.[Ir]. The normalized spacial score (nSPS) is 13.5. The molecular weight excluding hydrogens is 843 g/mol. The van der Waals surface area contributed by atoms with Gasteiger partial charge in [-0.1, -0.05) is 136 Å². The molecule has 1 N–H and O–H groups in total. The molecule has 2 heterocycles. The third-order valence-electron chi connectivity index (χ3n) is 11.7. The number of aromatic nitrogens is 1. The molecule has 3 aromatic carbocycles. The second-order valence-corrected chi connectivity index (χ2v) is 21.1. The van der Waals surface area contributed by atoms with Crippen molar-refractivity contribution >= 4 is 35.0 Å². The summed E-state index contributed by atoms with van der Waals surface area (Å²) in [7, 11) is 2.55. The predicted molar refractivity (Wildman–Crippen MR) is 227 cm³/mol. The molecule has 1 aliphatic rings. The molecule has 0 saturated carbocycles. The molecule has 0 bridgehead atoms. The van der Waals surface area contributed by atoms with Crippen LogP contribution in [0.15, 0.2) is 72.6 Å². The van der Waals surface area contributed by atoms with Crippen LogP contribution in [0.3, 0.4) is 0 Å². The third-order valence-corrected chi connectivity index (χ3v) is 17.1. The van der Waals surface area contributed by atoms with Gasteiger partial charge >= 0.3 is 0 Å². The van der Waals surface area contributed by atoms with Gasteiger partial charge in [-0.2, -0.15) is 12.5 Å². The van der Waals surface area contributed by atoms with Crippen LogP contribution < -0.4 is 14.9 Å². The molecule has 4 aromatic rings. The number of nitrogens with zero attached hydrogens (tertiary/aromatic N) is 1. The zero-order valence-electron chi connectivity index (χ0n) is 34.6. The molecule has 53 heavy (non-hydrogen) atoms. The summed E-state index contributed by atoms with van der Waals surface area (Å²) in [5.41, 5.74) is 9.36. The molecule has 0 unspecified atom stereocenters. The van der Waals surface area contributed by atoms with Crippen molar-refractivity contribution in [3.05, 3.63) is 103 Å². The summed E-state index contributed by atoms with van der Waals surface area (Å²) in [6.07, 6.45) is 8.21. The maximum Gasteiger partial charge on any atom is 0.162 e. The molecule has 0 amide bonds. The number of carbonyl (C=O) groups excluding carboxylic acids is 1. The summed E-state index contributed by atoms with van der Waals surface area (Å²) in [5.74, 6) is 1.20. The van der Waals surface area contributed by atoms with Gasteiger partial charge in [0, 0.05) is 45.1 Å². The largest absolute Gasteiger partial charge is 0.512 e. The third kappa shape index (κ3) is 8.90. The predicted octanol–water partition coefficient (Wildman–Crippen LogP) is 11.6. The van der Waals surface area contributed by atoms with Crippen LogP contribution >= 0.6 is 0 Å². The van der Waals surface area contributed by atoms with Crippen molar-refractivity contribution in [3.63, 3.8) is 0 Å². The average molecular weight is 909 g/mol. The van der Waals surface area contributed by atoms with Crippen LogP contribution in [0.4, 0.5) is 0 Å². The van der Waals surface area contributed by atoms with Gasteiger partial charge in [0.05, 0.1) is 17.6 Å². The Morgan fingerprint density at radius 1 is 0.830 bits per heavy atom. The van der Waals surface area contributed by atoms with Crippen molar-refractivity contribution in [2.24, 2.45) is 17.8 Å².